The van der Waals surface area contributed by atoms with Gasteiger partial charge in [-0.1, -0.05) is 0 Å². The highest BCUT2D eigenvalue weighted by molar-refractivity contribution is 7.92. The molecule has 1 saturated heterocycles. The molecule has 0 bridgehead atoms. The molecule has 1 aliphatic heterocycles. The monoisotopic (exact) mass is 350 g/mol. The van der Waals surface area contributed by atoms with Crippen LogP contribution in [0.5, 0.6) is 0 Å². The Balaban J connectivity index is 0.00000242. The molecule has 5 nitrogen and oxygen atoms in total. The summed E-state index contributed by atoms with van der Waals surface area (Å²) in [6.45, 7) is 3.06. The van der Waals surface area contributed by atoms with Gasteiger partial charge in [-0.3, -0.25) is 4.79 Å². The second-order valence-electron chi connectivity index (χ2n) is 5.27. The smallest absolute Gasteiger partial charge is 0.221 e. The first-order valence-corrected chi connectivity index (χ1v) is 8.44. The van der Waals surface area contributed by atoms with Crippen molar-refractivity contribution in [1.29, 1.82) is 0 Å². The molecule has 1 aromatic carbocycles. The lowest BCUT2D eigenvalue weighted by atomic mass is 10.2. The first-order chi connectivity index (χ1) is 9.89. The largest absolute Gasteiger partial charge is 0.352 e. The Labute approximate surface area is 136 Å². The van der Waals surface area contributed by atoms with Crippen LogP contribution < -0.4 is 10.6 Å². The van der Waals surface area contributed by atoms with Gasteiger partial charge >= 0.3 is 0 Å². The average molecular weight is 351 g/mol. The van der Waals surface area contributed by atoms with Gasteiger partial charge in [0.05, 0.1) is 10.1 Å². The lowest BCUT2D eigenvalue weighted by Crippen LogP contribution is -2.38. The average Bonchev–Trinajstić information content (AvgIpc) is 2.91. The minimum atomic E-state index is -3.63. The van der Waals surface area contributed by atoms with Crippen LogP contribution in [-0.2, 0) is 14.6 Å². The van der Waals surface area contributed by atoms with Gasteiger partial charge in [-0.15, -0.1) is 12.4 Å². The molecular formula is C14H20ClFN2O3S. The fraction of sp³-hybridized carbons (Fsp3) is 0.500. The second-order valence-corrected chi connectivity index (χ2v) is 7.64. The highest BCUT2D eigenvalue weighted by Crippen LogP contribution is 2.18. The number of hydrogen-bond acceptors (Lipinski definition) is 4. The molecule has 0 radical (unpaired) electrons. The Morgan fingerprint density at radius 2 is 2.05 bits per heavy atom. The van der Waals surface area contributed by atoms with Crippen LogP contribution in [-0.4, -0.2) is 38.7 Å². The van der Waals surface area contributed by atoms with Crippen molar-refractivity contribution in [3.63, 3.8) is 0 Å². The molecule has 1 aromatic rings. The van der Waals surface area contributed by atoms with Crippen LogP contribution in [0.3, 0.4) is 0 Å². The second kappa shape index (κ2) is 7.89. The van der Waals surface area contributed by atoms with Gasteiger partial charge < -0.3 is 10.6 Å². The molecule has 124 valence electrons. The normalized spacial score (nSPS) is 19.3. The van der Waals surface area contributed by atoms with E-state index in [1.807, 2.05) is 0 Å². The van der Waals surface area contributed by atoms with Crippen LogP contribution >= 0.6 is 12.4 Å². The van der Waals surface area contributed by atoms with Crippen molar-refractivity contribution < 1.29 is 17.6 Å². The Bertz CT molecular complexity index is 601. The van der Waals surface area contributed by atoms with Gasteiger partial charge in [0.25, 0.3) is 0 Å². The summed E-state index contributed by atoms with van der Waals surface area (Å²) >= 11 is 0. The van der Waals surface area contributed by atoms with Crippen molar-refractivity contribution in [2.24, 2.45) is 0 Å². The van der Waals surface area contributed by atoms with Crippen molar-refractivity contribution in [2.45, 2.75) is 36.0 Å². The Morgan fingerprint density at radius 1 is 1.41 bits per heavy atom. The van der Waals surface area contributed by atoms with E-state index in [0.717, 1.165) is 25.1 Å². The number of carbonyl (C=O) groups is 1. The van der Waals surface area contributed by atoms with Crippen molar-refractivity contribution in [3.05, 3.63) is 30.1 Å². The molecule has 22 heavy (non-hydrogen) atoms. The lowest BCUT2D eigenvalue weighted by Gasteiger charge is -2.15. The van der Waals surface area contributed by atoms with E-state index < -0.39 is 20.9 Å². The number of sulfone groups is 1. The minimum absolute atomic E-state index is 0. The van der Waals surface area contributed by atoms with Crippen molar-refractivity contribution >= 4 is 28.2 Å². The molecule has 0 spiro atoms. The predicted molar refractivity (Wildman–Crippen MR) is 84.3 cm³/mol. The summed E-state index contributed by atoms with van der Waals surface area (Å²) in [6, 6.07) is 4.71. The van der Waals surface area contributed by atoms with Gasteiger partial charge in [0.2, 0.25) is 5.91 Å². The molecule has 0 saturated carbocycles. The van der Waals surface area contributed by atoms with Gasteiger partial charge in [0.1, 0.15) is 5.82 Å². The van der Waals surface area contributed by atoms with Gasteiger partial charge in [-0.25, -0.2) is 12.8 Å². The van der Waals surface area contributed by atoms with E-state index in [1.54, 1.807) is 0 Å². The number of carbonyl (C=O) groups excluding carboxylic acids is 1. The molecule has 0 aliphatic carbocycles. The first-order valence-electron chi connectivity index (χ1n) is 6.89. The van der Waals surface area contributed by atoms with E-state index in [2.05, 4.69) is 10.6 Å². The number of halogens is 2. The summed E-state index contributed by atoms with van der Waals surface area (Å²) < 4.78 is 37.5. The van der Waals surface area contributed by atoms with Crippen LogP contribution in [0.25, 0.3) is 0 Å². The third-order valence-electron chi connectivity index (χ3n) is 3.57. The molecule has 2 N–H and O–H groups in total. The maximum atomic E-state index is 12.8. The standard InChI is InChI=1S/C14H19FN2O3S.ClH/c1-10(8-14(18)17-12-6-7-16-9-12)21(19,20)13-4-2-11(15)3-5-13;/h2-5,10,12,16H,6-9H2,1H3,(H,17,18);1H. The molecule has 2 rings (SSSR count). The number of hydrogen-bond donors (Lipinski definition) is 2. The van der Waals surface area contributed by atoms with E-state index in [1.165, 1.54) is 19.1 Å². The fourth-order valence-electron chi connectivity index (χ4n) is 2.29. The van der Waals surface area contributed by atoms with E-state index in [9.17, 15) is 17.6 Å². The minimum Gasteiger partial charge on any atom is -0.352 e. The summed E-state index contributed by atoms with van der Waals surface area (Å²) in [5, 5.41) is 5.09. The first kappa shape index (κ1) is 18.9. The number of benzene rings is 1. The van der Waals surface area contributed by atoms with E-state index in [4.69, 9.17) is 0 Å². The summed E-state index contributed by atoms with van der Waals surface area (Å²) in [5.74, 6) is -0.769. The molecule has 2 atom stereocenters. The maximum Gasteiger partial charge on any atom is 0.221 e. The molecule has 1 heterocycles. The molecular weight excluding hydrogens is 331 g/mol. The predicted octanol–water partition coefficient (Wildman–Crippen LogP) is 1.28. The zero-order valence-electron chi connectivity index (χ0n) is 12.2. The van der Waals surface area contributed by atoms with E-state index in [-0.39, 0.29) is 35.7 Å². The van der Waals surface area contributed by atoms with Gasteiger partial charge in [-0.2, -0.15) is 0 Å². The lowest BCUT2D eigenvalue weighted by molar-refractivity contribution is -0.121. The molecule has 1 aliphatic rings. The Kier molecular flexibility index (Phi) is 6.77. The molecule has 0 aromatic heterocycles. The molecule has 1 fully saturated rings. The SMILES string of the molecule is CC(CC(=O)NC1CCNC1)S(=O)(=O)c1ccc(F)cc1.Cl. The summed E-state index contributed by atoms with van der Waals surface area (Å²) in [7, 11) is -3.63. The maximum absolute atomic E-state index is 12.8. The van der Waals surface area contributed by atoms with Crippen molar-refractivity contribution in [2.75, 3.05) is 13.1 Å². The Morgan fingerprint density at radius 3 is 2.59 bits per heavy atom. The topological polar surface area (TPSA) is 75.3 Å². The number of nitrogens with one attached hydrogen (secondary N) is 2. The highest BCUT2D eigenvalue weighted by Gasteiger charge is 2.27. The molecule has 8 heteroatoms. The Hall–Kier alpha value is -1.18. The van der Waals surface area contributed by atoms with Crippen LogP contribution in [0.15, 0.2) is 29.2 Å². The zero-order chi connectivity index (χ0) is 15.5. The number of amides is 1. The van der Waals surface area contributed by atoms with Crippen molar-refractivity contribution in [3.8, 4) is 0 Å². The summed E-state index contributed by atoms with van der Waals surface area (Å²) in [5.41, 5.74) is 0. The van der Waals surface area contributed by atoms with Crippen LogP contribution in [0.1, 0.15) is 19.8 Å². The van der Waals surface area contributed by atoms with Gasteiger partial charge in [-0.05, 0) is 44.2 Å². The fourth-order valence-corrected chi connectivity index (χ4v) is 3.64. The van der Waals surface area contributed by atoms with Crippen LogP contribution in [0.2, 0.25) is 0 Å². The quantitative estimate of drug-likeness (QED) is 0.784. The van der Waals surface area contributed by atoms with E-state index in [0.29, 0.717) is 6.54 Å². The highest BCUT2D eigenvalue weighted by atomic mass is 35.5. The summed E-state index contributed by atoms with van der Waals surface area (Å²) in [6.07, 6.45) is 0.751. The third kappa shape index (κ3) is 4.66. The third-order valence-corrected chi connectivity index (χ3v) is 5.73. The molecule has 2 unspecified atom stereocenters. The number of rotatable bonds is 5. The van der Waals surface area contributed by atoms with Crippen molar-refractivity contribution in [1.82, 2.24) is 10.6 Å². The van der Waals surface area contributed by atoms with Gasteiger partial charge in [0.15, 0.2) is 9.84 Å². The van der Waals surface area contributed by atoms with E-state index >= 15 is 0 Å². The molecule has 1 amide bonds. The summed E-state index contributed by atoms with van der Waals surface area (Å²) in [4.78, 5) is 11.9. The van der Waals surface area contributed by atoms with Gasteiger partial charge in [0, 0.05) is 19.0 Å². The zero-order valence-corrected chi connectivity index (χ0v) is 13.8. The van der Waals surface area contributed by atoms with Crippen LogP contribution in [0, 0.1) is 5.82 Å². The van der Waals surface area contributed by atoms with Crippen LogP contribution in [0.4, 0.5) is 4.39 Å².